The van der Waals surface area contributed by atoms with Gasteiger partial charge in [-0.15, -0.1) is 0 Å². The summed E-state index contributed by atoms with van der Waals surface area (Å²) in [6, 6.07) is 7.36. The van der Waals surface area contributed by atoms with E-state index in [-0.39, 0.29) is 5.95 Å². The molecule has 2 rings (SSSR count). The predicted octanol–water partition coefficient (Wildman–Crippen LogP) is 0.253. The second-order valence-corrected chi connectivity index (χ2v) is 2.62. The highest BCUT2D eigenvalue weighted by Crippen LogP contribution is 2.21. The molecule has 0 spiro atoms. The number of benzene rings is 1. The molecule has 1 aromatic carbocycles. The number of hydrogen-bond acceptors (Lipinski definition) is 5. The standard InChI is InChI=1S/C8H9N5O/c1-14-7-5-3-2-4-6(7)13-8(9)10-11-12-13/h2-5H,1H3,(H2,9,10,12). The molecular weight excluding hydrogens is 182 g/mol. The number of hydrogen-bond donors (Lipinski definition) is 1. The van der Waals surface area contributed by atoms with Crippen LogP contribution in [-0.4, -0.2) is 27.3 Å². The lowest BCUT2D eigenvalue weighted by Crippen LogP contribution is -2.04. The maximum atomic E-state index is 5.57. The van der Waals surface area contributed by atoms with E-state index in [1.165, 1.54) is 4.68 Å². The molecule has 0 saturated heterocycles. The molecule has 14 heavy (non-hydrogen) atoms. The van der Waals surface area contributed by atoms with Crippen LogP contribution in [-0.2, 0) is 0 Å². The summed E-state index contributed by atoms with van der Waals surface area (Å²) in [5.41, 5.74) is 6.29. The lowest BCUT2D eigenvalue weighted by Gasteiger charge is -2.06. The monoisotopic (exact) mass is 191 g/mol. The number of nitrogens with zero attached hydrogens (tertiary/aromatic N) is 4. The Balaban J connectivity index is 2.56. The van der Waals surface area contributed by atoms with E-state index in [0.29, 0.717) is 5.75 Å². The Morgan fingerprint density at radius 3 is 2.79 bits per heavy atom. The van der Waals surface area contributed by atoms with Gasteiger partial charge in [0.05, 0.1) is 7.11 Å². The van der Waals surface area contributed by atoms with Gasteiger partial charge in [-0.3, -0.25) is 0 Å². The number of nitrogen functional groups attached to an aromatic ring is 1. The van der Waals surface area contributed by atoms with E-state index >= 15 is 0 Å². The first-order valence-corrected chi connectivity index (χ1v) is 4.00. The third-order valence-electron chi connectivity index (χ3n) is 1.81. The Bertz CT molecular complexity index is 439. The van der Waals surface area contributed by atoms with Gasteiger partial charge in [-0.1, -0.05) is 17.2 Å². The molecule has 0 aliphatic rings. The maximum absolute atomic E-state index is 5.57. The zero-order chi connectivity index (χ0) is 9.97. The molecule has 0 fully saturated rings. The number of nitrogens with two attached hydrogens (primary N) is 1. The van der Waals surface area contributed by atoms with Crippen LogP contribution in [0.4, 0.5) is 5.95 Å². The Morgan fingerprint density at radius 1 is 1.36 bits per heavy atom. The molecule has 0 saturated carbocycles. The summed E-state index contributed by atoms with van der Waals surface area (Å²) in [4.78, 5) is 0. The lowest BCUT2D eigenvalue weighted by molar-refractivity contribution is 0.411. The van der Waals surface area contributed by atoms with Crippen molar-refractivity contribution in [3.8, 4) is 11.4 Å². The molecule has 2 aromatic rings. The molecule has 6 heteroatoms. The van der Waals surface area contributed by atoms with Gasteiger partial charge in [-0.05, 0) is 22.6 Å². The van der Waals surface area contributed by atoms with Crippen molar-refractivity contribution >= 4 is 5.95 Å². The smallest absolute Gasteiger partial charge is 0.245 e. The molecule has 0 radical (unpaired) electrons. The number of rotatable bonds is 2. The van der Waals surface area contributed by atoms with E-state index in [1.54, 1.807) is 7.11 Å². The topological polar surface area (TPSA) is 78.8 Å². The lowest BCUT2D eigenvalue weighted by atomic mass is 10.3. The van der Waals surface area contributed by atoms with E-state index in [9.17, 15) is 0 Å². The van der Waals surface area contributed by atoms with Gasteiger partial charge >= 0.3 is 0 Å². The first kappa shape index (κ1) is 8.49. The minimum Gasteiger partial charge on any atom is -0.494 e. The van der Waals surface area contributed by atoms with Gasteiger partial charge in [-0.25, -0.2) is 0 Å². The quantitative estimate of drug-likeness (QED) is 0.736. The van der Waals surface area contributed by atoms with Crippen LogP contribution in [0, 0.1) is 0 Å². The largest absolute Gasteiger partial charge is 0.494 e. The summed E-state index contributed by atoms with van der Waals surface area (Å²) in [5, 5.41) is 10.8. The number of tetrazole rings is 1. The van der Waals surface area contributed by atoms with Gasteiger partial charge in [0.1, 0.15) is 11.4 Å². The Morgan fingerprint density at radius 2 is 2.14 bits per heavy atom. The fourth-order valence-electron chi connectivity index (χ4n) is 1.17. The second kappa shape index (κ2) is 3.33. The second-order valence-electron chi connectivity index (χ2n) is 2.62. The zero-order valence-electron chi connectivity index (χ0n) is 7.58. The fourth-order valence-corrected chi connectivity index (χ4v) is 1.17. The minimum absolute atomic E-state index is 0.231. The van der Waals surface area contributed by atoms with E-state index in [2.05, 4.69) is 15.5 Å². The highest BCUT2D eigenvalue weighted by Gasteiger charge is 2.08. The van der Waals surface area contributed by atoms with Crippen molar-refractivity contribution < 1.29 is 4.74 Å². The highest BCUT2D eigenvalue weighted by atomic mass is 16.5. The van der Waals surface area contributed by atoms with Gasteiger partial charge < -0.3 is 10.5 Å². The van der Waals surface area contributed by atoms with Gasteiger partial charge in [-0.2, -0.15) is 4.68 Å². The molecule has 0 amide bonds. The molecule has 0 bridgehead atoms. The van der Waals surface area contributed by atoms with Gasteiger partial charge in [0, 0.05) is 0 Å². The summed E-state index contributed by atoms with van der Waals surface area (Å²) in [7, 11) is 1.58. The van der Waals surface area contributed by atoms with Crippen molar-refractivity contribution in [1.29, 1.82) is 0 Å². The van der Waals surface area contributed by atoms with Crippen LogP contribution >= 0.6 is 0 Å². The average molecular weight is 191 g/mol. The molecule has 0 aliphatic heterocycles. The summed E-state index contributed by atoms with van der Waals surface area (Å²) in [6.45, 7) is 0. The van der Waals surface area contributed by atoms with E-state index in [4.69, 9.17) is 10.5 Å². The average Bonchev–Trinajstić information content (AvgIpc) is 2.64. The Hall–Kier alpha value is -2.11. The summed E-state index contributed by atoms with van der Waals surface area (Å²) >= 11 is 0. The number of aromatic nitrogens is 4. The van der Waals surface area contributed by atoms with Crippen LogP contribution in [0.3, 0.4) is 0 Å². The molecular formula is C8H9N5O. The van der Waals surface area contributed by atoms with E-state index in [0.717, 1.165) is 5.69 Å². The van der Waals surface area contributed by atoms with Gasteiger partial charge in [0.2, 0.25) is 5.95 Å². The molecule has 0 unspecified atom stereocenters. The molecule has 6 nitrogen and oxygen atoms in total. The van der Waals surface area contributed by atoms with E-state index in [1.807, 2.05) is 24.3 Å². The first-order chi connectivity index (χ1) is 6.83. The number of ether oxygens (including phenoxy) is 1. The molecule has 0 aliphatic carbocycles. The summed E-state index contributed by atoms with van der Waals surface area (Å²) in [6.07, 6.45) is 0. The molecule has 0 atom stereocenters. The first-order valence-electron chi connectivity index (χ1n) is 4.00. The summed E-state index contributed by atoms with van der Waals surface area (Å²) in [5.74, 6) is 0.904. The van der Waals surface area contributed by atoms with Crippen LogP contribution in [0.2, 0.25) is 0 Å². The number of methoxy groups -OCH3 is 1. The van der Waals surface area contributed by atoms with E-state index < -0.39 is 0 Å². The van der Waals surface area contributed by atoms with Crippen molar-refractivity contribution in [2.45, 2.75) is 0 Å². The molecule has 2 N–H and O–H groups in total. The van der Waals surface area contributed by atoms with Crippen LogP contribution in [0.15, 0.2) is 24.3 Å². The third-order valence-corrected chi connectivity index (χ3v) is 1.81. The maximum Gasteiger partial charge on any atom is 0.245 e. The van der Waals surface area contributed by atoms with Crippen LogP contribution in [0.1, 0.15) is 0 Å². The normalized spacial score (nSPS) is 10.1. The molecule has 1 heterocycles. The zero-order valence-corrected chi connectivity index (χ0v) is 7.58. The van der Waals surface area contributed by atoms with Crippen molar-refractivity contribution in [2.24, 2.45) is 0 Å². The number of anilines is 1. The van der Waals surface area contributed by atoms with Crippen molar-refractivity contribution in [3.63, 3.8) is 0 Å². The van der Waals surface area contributed by atoms with Crippen molar-refractivity contribution in [3.05, 3.63) is 24.3 Å². The van der Waals surface area contributed by atoms with Crippen LogP contribution in [0.5, 0.6) is 5.75 Å². The Labute approximate surface area is 80.3 Å². The van der Waals surface area contributed by atoms with Gasteiger partial charge in [0.15, 0.2) is 0 Å². The SMILES string of the molecule is COc1ccccc1-n1nnnc1N. The molecule has 1 aromatic heterocycles. The van der Waals surface area contributed by atoms with Crippen molar-refractivity contribution in [1.82, 2.24) is 20.2 Å². The van der Waals surface area contributed by atoms with Crippen LogP contribution < -0.4 is 10.5 Å². The van der Waals surface area contributed by atoms with Crippen molar-refractivity contribution in [2.75, 3.05) is 12.8 Å². The van der Waals surface area contributed by atoms with Gasteiger partial charge in [0.25, 0.3) is 0 Å². The minimum atomic E-state index is 0.231. The fraction of sp³-hybridized carbons (Fsp3) is 0.125. The van der Waals surface area contributed by atoms with Crippen LogP contribution in [0.25, 0.3) is 5.69 Å². The third kappa shape index (κ3) is 1.26. The highest BCUT2D eigenvalue weighted by molar-refractivity contribution is 5.48. The molecule has 72 valence electrons. The predicted molar refractivity (Wildman–Crippen MR) is 50.1 cm³/mol. The Kier molecular flexibility index (Phi) is 2.02. The summed E-state index contributed by atoms with van der Waals surface area (Å²) < 4.78 is 6.57. The number of para-hydroxylation sites is 2.